The molecular weight excluding hydrogens is 173 g/mol. The minimum absolute atomic E-state index is 0.106. The van der Waals surface area contributed by atoms with Gasteiger partial charge in [0, 0.05) is 11.6 Å². The number of benzene rings is 1. The van der Waals surface area contributed by atoms with Gasteiger partial charge in [0.05, 0.1) is 5.52 Å². The first-order valence-corrected chi connectivity index (χ1v) is 3.69. The van der Waals surface area contributed by atoms with Crippen molar-refractivity contribution < 1.29 is 14.3 Å². The predicted octanol–water partition coefficient (Wildman–Crippen LogP) is 2.31. The molecule has 2 rings (SSSR count). The third kappa shape index (κ3) is 1.07. The van der Waals surface area contributed by atoms with Gasteiger partial charge in [0.25, 0.3) is 0 Å². The lowest BCUT2D eigenvalue weighted by molar-refractivity contribution is 0.197. The lowest BCUT2D eigenvalue weighted by Gasteiger charge is -1.97. The smallest absolute Gasteiger partial charge is 0.416 e. The van der Waals surface area contributed by atoms with Crippen LogP contribution < -0.4 is 0 Å². The van der Waals surface area contributed by atoms with Crippen LogP contribution in [0.5, 0.6) is 0 Å². The van der Waals surface area contributed by atoms with Gasteiger partial charge in [-0.2, -0.15) is 0 Å². The first-order chi connectivity index (χ1) is 6.20. The number of carbonyl (C=O) groups is 1. The van der Waals surface area contributed by atoms with Gasteiger partial charge in [0.2, 0.25) is 0 Å². The maximum atomic E-state index is 13.2. The van der Waals surface area contributed by atoms with Crippen LogP contribution in [0.3, 0.4) is 0 Å². The van der Waals surface area contributed by atoms with Crippen molar-refractivity contribution in [1.29, 1.82) is 0 Å². The zero-order valence-electron chi connectivity index (χ0n) is 6.57. The highest BCUT2D eigenvalue weighted by Crippen LogP contribution is 2.18. The fraction of sp³-hybridized carbons (Fsp3) is 0. The minimum Gasteiger partial charge on any atom is -0.464 e. The second-order valence-electron chi connectivity index (χ2n) is 2.65. The van der Waals surface area contributed by atoms with Crippen LogP contribution in [-0.4, -0.2) is 15.8 Å². The topological polar surface area (TPSA) is 42.2 Å². The summed E-state index contributed by atoms with van der Waals surface area (Å²) in [6.07, 6.45) is 0.149. The largest absolute Gasteiger partial charge is 0.464 e. The maximum Gasteiger partial charge on any atom is 0.416 e. The third-order valence-corrected chi connectivity index (χ3v) is 1.87. The molecule has 66 valence electrons. The second kappa shape index (κ2) is 2.58. The summed E-state index contributed by atoms with van der Waals surface area (Å²) in [4.78, 5) is 10.6. The Hall–Kier alpha value is -1.84. The van der Waals surface area contributed by atoms with Crippen molar-refractivity contribution in [3.8, 4) is 0 Å². The summed E-state index contributed by atoms with van der Waals surface area (Å²) in [5.41, 5.74) is 0.106. The average molecular weight is 179 g/mol. The molecule has 0 saturated heterocycles. The second-order valence-corrected chi connectivity index (χ2v) is 2.65. The van der Waals surface area contributed by atoms with E-state index < -0.39 is 11.9 Å². The van der Waals surface area contributed by atoms with Crippen LogP contribution in [-0.2, 0) is 0 Å². The number of hydrogen-bond acceptors (Lipinski definition) is 1. The molecule has 13 heavy (non-hydrogen) atoms. The summed E-state index contributed by atoms with van der Waals surface area (Å²) in [7, 11) is 0. The molecule has 1 N–H and O–H groups in total. The number of hydrogen-bond donors (Lipinski definition) is 1. The zero-order valence-corrected chi connectivity index (χ0v) is 6.57. The molecule has 0 radical (unpaired) electrons. The molecule has 0 bridgehead atoms. The molecule has 0 aliphatic carbocycles. The van der Waals surface area contributed by atoms with Crippen molar-refractivity contribution in [2.45, 2.75) is 0 Å². The van der Waals surface area contributed by atoms with Gasteiger partial charge >= 0.3 is 6.09 Å². The van der Waals surface area contributed by atoms with Gasteiger partial charge in [-0.05, 0) is 12.1 Å². The standard InChI is InChI=1S/C9H6FNO2/c10-7-3-1-2-6-4-5-11(8(6)7)9(12)13/h1-5H,(H,12,13). The SMILES string of the molecule is O=C(O)n1ccc2cccc(F)c21. The molecule has 2 aromatic rings. The van der Waals surface area contributed by atoms with E-state index in [1.807, 2.05) is 0 Å². The van der Waals surface area contributed by atoms with Crippen LogP contribution >= 0.6 is 0 Å². The number of nitrogens with zero attached hydrogens (tertiary/aromatic N) is 1. The van der Waals surface area contributed by atoms with Crippen LogP contribution in [0.4, 0.5) is 9.18 Å². The molecule has 0 amide bonds. The number of halogens is 1. The Kier molecular flexibility index (Phi) is 1.55. The summed E-state index contributed by atoms with van der Waals surface area (Å²) in [5, 5.41) is 9.28. The Labute approximate surface area is 73.0 Å². The average Bonchev–Trinajstić information content (AvgIpc) is 2.49. The van der Waals surface area contributed by atoms with Gasteiger partial charge in [-0.1, -0.05) is 12.1 Å². The molecule has 1 aromatic carbocycles. The summed E-state index contributed by atoms with van der Waals surface area (Å²) < 4.78 is 14.0. The van der Waals surface area contributed by atoms with E-state index in [1.54, 1.807) is 18.2 Å². The summed E-state index contributed by atoms with van der Waals surface area (Å²) >= 11 is 0. The molecule has 0 aliphatic heterocycles. The summed E-state index contributed by atoms with van der Waals surface area (Å²) in [6.45, 7) is 0. The van der Waals surface area contributed by atoms with E-state index in [4.69, 9.17) is 5.11 Å². The van der Waals surface area contributed by atoms with E-state index in [0.717, 1.165) is 4.57 Å². The molecule has 0 unspecified atom stereocenters. The molecule has 1 aromatic heterocycles. The molecule has 0 spiro atoms. The Morgan fingerprint density at radius 1 is 1.38 bits per heavy atom. The van der Waals surface area contributed by atoms with Gasteiger partial charge in [0.1, 0.15) is 5.82 Å². The van der Waals surface area contributed by atoms with Gasteiger partial charge in [-0.3, -0.25) is 0 Å². The first kappa shape index (κ1) is 7.79. The zero-order chi connectivity index (χ0) is 9.42. The van der Waals surface area contributed by atoms with E-state index in [2.05, 4.69) is 0 Å². The fourth-order valence-electron chi connectivity index (χ4n) is 1.31. The van der Waals surface area contributed by atoms with Gasteiger partial charge in [-0.25, -0.2) is 13.8 Å². The van der Waals surface area contributed by atoms with Crippen molar-refractivity contribution >= 4 is 17.0 Å². The van der Waals surface area contributed by atoms with Crippen LogP contribution in [0.25, 0.3) is 10.9 Å². The van der Waals surface area contributed by atoms with Crippen LogP contribution in [0.1, 0.15) is 0 Å². The predicted molar refractivity (Wildman–Crippen MR) is 45.3 cm³/mol. The highest BCUT2D eigenvalue weighted by molar-refractivity contribution is 5.89. The van der Waals surface area contributed by atoms with Gasteiger partial charge in [0.15, 0.2) is 0 Å². The van der Waals surface area contributed by atoms with Crippen molar-refractivity contribution in [2.24, 2.45) is 0 Å². The van der Waals surface area contributed by atoms with E-state index in [-0.39, 0.29) is 5.52 Å². The molecule has 3 nitrogen and oxygen atoms in total. The molecule has 0 saturated carbocycles. The van der Waals surface area contributed by atoms with E-state index in [1.165, 1.54) is 12.3 Å². The highest BCUT2D eigenvalue weighted by atomic mass is 19.1. The Balaban J connectivity index is 2.86. The number of rotatable bonds is 0. The van der Waals surface area contributed by atoms with E-state index in [9.17, 15) is 9.18 Å². The molecule has 1 heterocycles. The van der Waals surface area contributed by atoms with E-state index >= 15 is 0 Å². The lowest BCUT2D eigenvalue weighted by Crippen LogP contribution is -2.06. The maximum absolute atomic E-state index is 13.2. The molecule has 0 aliphatic rings. The number of carboxylic acid groups (broad SMARTS) is 1. The van der Waals surface area contributed by atoms with Crippen LogP contribution in [0.2, 0.25) is 0 Å². The molecular formula is C9H6FNO2. The quantitative estimate of drug-likeness (QED) is 0.674. The summed E-state index contributed by atoms with van der Waals surface area (Å²) in [6, 6.07) is 6.01. The van der Waals surface area contributed by atoms with Crippen LogP contribution in [0, 0.1) is 5.82 Å². The number of para-hydroxylation sites is 1. The van der Waals surface area contributed by atoms with Gasteiger partial charge in [-0.15, -0.1) is 0 Å². The monoisotopic (exact) mass is 179 g/mol. The minimum atomic E-state index is -1.18. The third-order valence-electron chi connectivity index (χ3n) is 1.87. The van der Waals surface area contributed by atoms with Crippen LogP contribution in [0.15, 0.2) is 30.5 Å². The highest BCUT2D eigenvalue weighted by Gasteiger charge is 2.09. The fourth-order valence-corrected chi connectivity index (χ4v) is 1.31. The van der Waals surface area contributed by atoms with Crippen molar-refractivity contribution in [3.63, 3.8) is 0 Å². The van der Waals surface area contributed by atoms with Crippen molar-refractivity contribution in [3.05, 3.63) is 36.3 Å². The Bertz CT molecular complexity index is 475. The molecule has 4 heteroatoms. The lowest BCUT2D eigenvalue weighted by atomic mass is 10.2. The Morgan fingerprint density at radius 2 is 2.15 bits per heavy atom. The first-order valence-electron chi connectivity index (χ1n) is 3.69. The van der Waals surface area contributed by atoms with E-state index in [0.29, 0.717) is 5.39 Å². The van der Waals surface area contributed by atoms with Crippen molar-refractivity contribution in [2.75, 3.05) is 0 Å². The summed E-state index contributed by atoms with van der Waals surface area (Å²) in [5.74, 6) is -0.523. The number of aromatic nitrogens is 1. The molecule has 0 fully saturated rings. The Morgan fingerprint density at radius 3 is 2.85 bits per heavy atom. The normalized spacial score (nSPS) is 10.5. The van der Waals surface area contributed by atoms with Crippen molar-refractivity contribution in [1.82, 2.24) is 4.57 Å². The van der Waals surface area contributed by atoms with Gasteiger partial charge < -0.3 is 5.11 Å². The number of fused-ring (bicyclic) bond motifs is 1. The molecule has 0 atom stereocenters.